The zero-order valence-corrected chi connectivity index (χ0v) is 12.1. The number of halogens is 1. The Morgan fingerprint density at radius 1 is 1.40 bits per heavy atom. The Hall–Kier alpha value is -1.59. The van der Waals surface area contributed by atoms with Gasteiger partial charge in [-0.25, -0.2) is 0 Å². The maximum atomic E-state index is 12.1. The van der Waals surface area contributed by atoms with Crippen molar-refractivity contribution in [2.24, 2.45) is 5.92 Å². The predicted octanol–water partition coefficient (Wildman–Crippen LogP) is 1.64. The average Bonchev–Trinajstić information content (AvgIpc) is 2.49. The van der Waals surface area contributed by atoms with Gasteiger partial charge in [-0.3, -0.25) is 9.59 Å². The molecule has 108 valence electrons. The maximum absolute atomic E-state index is 12.1. The van der Waals surface area contributed by atoms with E-state index in [2.05, 4.69) is 16.0 Å². The topological polar surface area (TPSA) is 70.2 Å². The van der Waals surface area contributed by atoms with Crippen LogP contribution >= 0.6 is 11.6 Å². The minimum absolute atomic E-state index is 0.0251. The zero-order valence-electron chi connectivity index (χ0n) is 11.3. The molecule has 0 spiro atoms. The summed E-state index contributed by atoms with van der Waals surface area (Å²) >= 11 is 5.97. The number of piperidine rings is 1. The van der Waals surface area contributed by atoms with Crippen LogP contribution in [0.1, 0.15) is 23.2 Å². The average molecular weight is 296 g/mol. The number of carbonyl (C=O) groups excluding carboxylic acids is 2. The van der Waals surface area contributed by atoms with Crippen LogP contribution in [0.5, 0.6) is 0 Å². The zero-order chi connectivity index (χ0) is 14.5. The number of carbonyl (C=O) groups is 2. The van der Waals surface area contributed by atoms with E-state index in [1.165, 1.54) is 7.05 Å². The van der Waals surface area contributed by atoms with Crippen LogP contribution < -0.4 is 16.0 Å². The molecule has 0 bridgehead atoms. The Balaban J connectivity index is 2.09. The highest BCUT2D eigenvalue weighted by Gasteiger charge is 2.21. The van der Waals surface area contributed by atoms with E-state index in [1.807, 2.05) is 0 Å². The molecule has 1 aromatic rings. The van der Waals surface area contributed by atoms with Gasteiger partial charge in [0.05, 0.1) is 16.5 Å². The third-order valence-corrected chi connectivity index (χ3v) is 3.70. The van der Waals surface area contributed by atoms with Gasteiger partial charge in [0.2, 0.25) is 5.91 Å². The molecule has 1 aliphatic heterocycles. The molecule has 5 nitrogen and oxygen atoms in total. The van der Waals surface area contributed by atoms with Crippen LogP contribution in [-0.2, 0) is 4.79 Å². The second kappa shape index (κ2) is 6.72. The Bertz CT molecular complexity index is 513. The summed E-state index contributed by atoms with van der Waals surface area (Å²) in [6.45, 7) is 1.66. The first-order valence-electron chi connectivity index (χ1n) is 6.65. The molecule has 1 saturated heterocycles. The largest absolute Gasteiger partial charge is 0.355 e. The Morgan fingerprint density at radius 2 is 2.20 bits per heavy atom. The monoisotopic (exact) mass is 295 g/mol. The molecule has 1 fully saturated rings. The van der Waals surface area contributed by atoms with Crippen molar-refractivity contribution in [3.8, 4) is 0 Å². The summed E-state index contributed by atoms with van der Waals surface area (Å²) in [5.74, 6) is -0.323. The molecule has 1 aromatic carbocycles. The van der Waals surface area contributed by atoms with E-state index in [-0.39, 0.29) is 17.7 Å². The van der Waals surface area contributed by atoms with Crippen LogP contribution in [0, 0.1) is 5.92 Å². The Morgan fingerprint density at radius 3 is 2.85 bits per heavy atom. The van der Waals surface area contributed by atoms with E-state index >= 15 is 0 Å². The first-order valence-corrected chi connectivity index (χ1v) is 7.03. The summed E-state index contributed by atoms with van der Waals surface area (Å²) in [7, 11) is 1.54. The van der Waals surface area contributed by atoms with Crippen LogP contribution in [0.3, 0.4) is 0 Å². The molecular weight excluding hydrogens is 278 g/mol. The third-order valence-electron chi connectivity index (χ3n) is 3.37. The van der Waals surface area contributed by atoms with E-state index in [1.54, 1.807) is 18.2 Å². The molecule has 2 rings (SSSR count). The van der Waals surface area contributed by atoms with Gasteiger partial charge >= 0.3 is 0 Å². The predicted molar refractivity (Wildman–Crippen MR) is 79.1 cm³/mol. The van der Waals surface area contributed by atoms with Crippen molar-refractivity contribution in [3.63, 3.8) is 0 Å². The van der Waals surface area contributed by atoms with Gasteiger partial charge in [0.15, 0.2) is 0 Å². The third kappa shape index (κ3) is 3.49. The van der Waals surface area contributed by atoms with E-state index in [4.69, 9.17) is 11.6 Å². The smallest absolute Gasteiger partial charge is 0.252 e. The molecule has 0 saturated carbocycles. The molecule has 3 N–H and O–H groups in total. The highest BCUT2D eigenvalue weighted by molar-refractivity contribution is 6.34. The van der Waals surface area contributed by atoms with Crippen LogP contribution in [0.15, 0.2) is 18.2 Å². The van der Waals surface area contributed by atoms with E-state index in [9.17, 15) is 9.59 Å². The van der Waals surface area contributed by atoms with Gasteiger partial charge in [0, 0.05) is 19.3 Å². The first-order chi connectivity index (χ1) is 9.61. The fraction of sp³-hybridized carbons (Fsp3) is 0.429. The lowest BCUT2D eigenvalue weighted by Crippen LogP contribution is -2.37. The Labute approximate surface area is 123 Å². The molecule has 0 radical (unpaired) electrons. The normalized spacial score (nSPS) is 18.4. The number of amides is 2. The van der Waals surface area contributed by atoms with Crippen molar-refractivity contribution < 1.29 is 9.59 Å². The van der Waals surface area contributed by atoms with Gasteiger partial charge in [-0.1, -0.05) is 11.6 Å². The van der Waals surface area contributed by atoms with Crippen molar-refractivity contribution in [1.29, 1.82) is 0 Å². The molecule has 0 aliphatic carbocycles. The van der Waals surface area contributed by atoms with E-state index in [0.29, 0.717) is 22.8 Å². The lowest BCUT2D eigenvalue weighted by Gasteiger charge is -2.22. The maximum Gasteiger partial charge on any atom is 0.252 e. The number of hydrogen-bond donors (Lipinski definition) is 3. The molecule has 2 amide bonds. The van der Waals surface area contributed by atoms with Crippen molar-refractivity contribution >= 4 is 29.1 Å². The van der Waals surface area contributed by atoms with Crippen molar-refractivity contribution in [2.45, 2.75) is 12.8 Å². The molecule has 20 heavy (non-hydrogen) atoms. The highest BCUT2D eigenvalue weighted by atomic mass is 35.5. The second-order valence-corrected chi connectivity index (χ2v) is 5.21. The Kier molecular flexibility index (Phi) is 4.98. The van der Waals surface area contributed by atoms with Crippen LogP contribution in [-0.4, -0.2) is 32.0 Å². The summed E-state index contributed by atoms with van der Waals surface area (Å²) in [6, 6.07) is 4.90. The van der Waals surface area contributed by atoms with Gasteiger partial charge in [0.25, 0.3) is 5.91 Å². The lowest BCUT2D eigenvalue weighted by atomic mass is 9.98. The summed E-state index contributed by atoms with van der Waals surface area (Å²) in [6.07, 6.45) is 1.89. The lowest BCUT2D eigenvalue weighted by molar-refractivity contribution is -0.120. The number of benzene rings is 1. The minimum atomic E-state index is -0.273. The standard InChI is InChI=1S/C14H18ClN3O2/c1-16-14(20)11-7-10(4-5-12(11)15)18-13(19)9-3-2-6-17-8-9/h4-5,7,9,17H,2-3,6,8H2,1H3,(H,16,20)(H,18,19). The van der Waals surface area contributed by atoms with Gasteiger partial charge in [-0.05, 0) is 37.6 Å². The van der Waals surface area contributed by atoms with Crippen LogP contribution in [0.4, 0.5) is 5.69 Å². The van der Waals surface area contributed by atoms with Crippen LogP contribution in [0.2, 0.25) is 5.02 Å². The highest BCUT2D eigenvalue weighted by Crippen LogP contribution is 2.21. The van der Waals surface area contributed by atoms with Crippen LogP contribution in [0.25, 0.3) is 0 Å². The molecule has 0 aromatic heterocycles. The summed E-state index contributed by atoms with van der Waals surface area (Å²) < 4.78 is 0. The van der Waals surface area contributed by atoms with Crippen molar-refractivity contribution in [1.82, 2.24) is 10.6 Å². The van der Waals surface area contributed by atoms with Crippen molar-refractivity contribution in [3.05, 3.63) is 28.8 Å². The number of rotatable bonds is 3. The number of nitrogens with one attached hydrogen (secondary N) is 3. The summed E-state index contributed by atoms with van der Waals surface area (Å²) in [5.41, 5.74) is 0.942. The minimum Gasteiger partial charge on any atom is -0.355 e. The second-order valence-electron chi connectivity index (χ2n) is 4.81. The van der Waals surface area contributed by atoms with Crippen molar-refractivity contribution in [2.75, 3.05) is 25.5 Å². The first kappa shape index (κ1) is 14.8. The number of hydrogen-bond acceptors (Lipinski definition) is 3. The van der Waals surface area contributed by atoms with E-state index < -0.39 is 0 Å². The van der Waals surface area contributed by atoms with Gasteiger partial charge in [-0.2, -0.15) is 0 Å². The van der Waals surface area contributed by atoms with Gasteiger partial charge < -0.3 is 16.0 Å². The molecule has 1 aliphatic rings. The van der Waals surface area contributed by atoms with Gasteiger partial charge in [-0.15, -0.1) is 0 Å². The SMILES string of the molecule is CNC(=O)c1cc(NC(=O)C2CCCNC2)ccc1Cl. The molecular formula is C14H18ClN3O2. The summed E-state index contributed by atoms with van der Waals surface area (Å²) in [5, 5.41) is 8.93. The molecule has 1 atom stereocenters. The summed E-state index contributed by atoms with van der Waals surface area (Å²) in [4.78, 5) is 23.8. The van der Waals surface area contributed by atoms with E-state index in [0.717, 1.165) is 19.4 Å². The molecule has 6 heteroatoms. The fourth-order valence-electron chi connectivity index (χ4n) is 2.23. The quantitative estimate of drug-likeness (QED) is 0.794. The number of anilines is 1. The molecule has 1 heterocycles. The fourth-order valence-corrected chi connectivity index (χ4v) is 2.44. The van der Waals surface area contributed by atoms with Gasteiger partial charge in [0.1, 0.15) is 0 Å². The molecule has 1 unspecified atom stereocenters.